The number of hydrogen-bond acceptors (Lipinski definition) is 2. The molecular weight excluding hydrogens is 333 g/mol. The van der Waals surface area contributed by atoms with Gasteiger partial charge in [0.1, 0.15) is 0 Å². The molecule has 0 saturated carbocycles. The number of hydrogen-bond donors (Lipinski definition) is 1. The molecule has 2 aromatic rings. The molecule has 2 aromatic carbocycles. The number of rotatable bonds is 2. The van der Waals surface area contributed by atoms with Crippen molar-refractivity contribution < 1.29 is 9.53 Å². The fourth-order valence-electron chi connectivity index (χ4n) is 3.22. The number of carbonyl (C=O) groups is 1. The Bertz CT molecular complexity index is 733. The SMILES string of the molecule is COC(=O)N[C@H]1CC[C@@H](c2ccc(Cl)c(Cl)c2)c2ccccc21. The molecule has 5 heteroatoms. The number of benzene rings is 2. The van der Waals surface area contributed by atoms with Crippen LogP contribution in [-0.4, -0.2) is 13.2 Å². The Kier molecular flexibility index (Phi) is 4.79. The van der Waals surface area contributed by atoms with Crippen molar-refractivity contribution in [1.29, 1.82) is 0 Å². The molecule has 1 N–H and O–H groups in total. The lowest BCUT2D eigenvalue weighted by Gasteiger charge is -2.32. The minimum atomic E-state index is -0.405. The third kappa shape index (κ3) is 3.31. The highest BCUT2D eigenvalue weighted by Gasteiger charge is 2.29. The lowest BCUT2D eigenvalue weighted by atomic mass is 9.77. The molecule has 0 aromatic heterocycles. The molecule has 1 aliphatic rings. The van der Waals surface area contributed by atoms with Gasteiger partial charge in [0.25, 0.3) is 0 Å². The van der Waals surface area contributed by atoms with E-state index < -0.39 is 6.09 Å². The van der Waals surface area contributed by atoms with Crippen LogP contribution in [0.3, 0.4) is 0 Å². The summed E-state index contributed by atoms with van der Waals surface area (Å²) in [6.45, 7) is 0. The van der Waals surface area contributed by atoms with E-state index in [4.69, 9.17) is 27.9 Å². The van der Waals surface area contributed by atoms with Gasteiger partial charge in [0.15, 0.2) is 0 Å². The Balaban J connectivity index is 1.96. The summed E-state index contributed by atoms with van der Waals surface area (Å²) in [5.74, 6) is 0.247. The molecule has 0 spiro atoms. The third-order valence-corrected chi connectivity index (χ3v) is 5.05. The molecule has 0 bridgehead atoms. The Morgan fingerprint density at radius 1 is 1.09 bits per heavy atom. The highest BCUT2D eigenvalue weighted by molar-refractivity contribution is 6.42. The van der Waals surface area contributed by atoms with Crippen molar-refractivity contribution in [2.24, 2.45) is 0 Å². The molecule has 0 saturated heterocycles. The summed E-state index contributed by atoms with van der Waals surface area (Å²) in [6, 6.07) is 13.9. The highest BCUT2D eigenvalue weighted by Crippen LogP contribution is 2.42. The number of halogens is 2. The van der Waals surface area contributed by atoms with Crippen LogP contribution in [0.2, 0.25) is 10.0 Å². The standard InChI is InChI=1S/C18H17Cl2NO2/c1-23-18(22)21-17-9-7-12(13-4-2-3-5-14(13)17)11-6-8-15(19)16(20)10-11/h2-6,8,10,12,17H,7,9H2,1H3,(H,21,22)/t12-,17-/m0/s1. The molecule has 3 rings (SSSR count). The van der Waals surface area contributed by atoms with Gasteiger partial charge >= 0.3 is 6.09 Å². The first-order valence-corrected chi connectivity index (χ1v) is 8.24. The fourth-order valence-corrected chi connectivity index (χ4v) is 3.52. The molecule has 23 heavy (non-hydrogen) atoms. The summed E-state index contributed by atoms with van der Waals surface area (Å²) < 4.78 is 4.73. The van der Waals surface area contributed by atoms with Crippen LogP contribution in [0.4, 0.5) is 4.79 Å². The maximum atomic E-state index is 11.6. The summed E-state index contributed by atoms with van der Waals surface area (Å²) in [5.41, 5.74) is 3.47. The van der Waals surface area contributed by atoms with Crippen molar-refractivity contribution >= 4 is 29.3 Å². The molecule has 0 heterocycles. The average Bonchev–Trinajstić information content (AvgIpc) is 2.57. The Morgan fingerprint density at radius 3 is 2.52 bits per heavy atom. The van der Waals surface area contributed by atoms with Crippen molar-refractivity contribution in [2.45, 2.75) is 24.8 Å². The van der Waals surface area contributed by atoms with E-state index in [0.29, 0.717) is 10.0 Å². The molecule has 2 atom stereocenters. The van der Waals surface area contributed by atoms with Crippen LogP contribution < -0.4 is 5.32 Å². The summed E-state index contributed by atoms with van der Waals surface area (Å²) in [6.07, 6.45) is 1.36. The van der Waals surface area contributed by atoms with E-state index in [-0.39, 0.29) is 12.0 Å². The molecule has 0 fully saturated rings. The van der Waals surface area contributed by atoms with Crippen LogP contribution in [0.5, 0.6) is 0 Å². The molecule has 0 aliphatic heterocycles. The quantitative estimate of drug-likeness (QED) is 0.796. The number of amides is 1. The third-order valence-electron chi connectivity index (χ3n) is 4.31. The van der Waals surface area contributed by atoms with E-state index in [1.807, 2.05) is 30.3 Å². The number of fused-ring (bicyclic) bond motifs is 1. The van der Waals surface area contributed by atoms with Gasteiger partial charge in [0.05, 0.1) is 23.2 Å². The fraction of sp³-hybridized carbons (Fsp3) is 0.278. The van der Waals surface area contributed by atoms with Gasteiger partial charge < -0.3 is 10.1 Å². The predicted molar refractivity (Wildman–Crippen MR) is 92.3 cm³/mol. The number of alkyl carbamates (subject to hydrolysis) is 1. The average molecular weight is 350 g/mol. The van der Waals surface area contributed by atoms with Crippen molar-refractivity contribution in [3.8, 4) is 0 Å². The normalized spacial score (nSPS) is 19.8. The number of carbonyl (C=O) groups excluding carboxylic acids is 1. The Morgan fingerprint density at radius 2 is 1.83 bits per heavy atom. The lowest BCUT2D eigenvalue weighted by Crippen LogP contribution is -2.31. The van der Waals surface area contributed by atoms with Crippen molar-refractivity contribution in [1.82, 2.24) is 5.32 Å². The predicted octanol–water partition coefficient (Wildman–Crippen LogP) is 5.32. The highest BCUT2D eigenvalue weighted by atomic mass is 35.5. The van der Waals surface area contributed by atoms with Gasteiger partial charge in [-0.25, -0.2) is 4.79 Å². The van der Waals surface area contributed by atoms with Crippen molar-refractivity contribution in [2.75, 3.05) is 7.11 Å². The summed E-state index contributed by atoms with van der Waals surface area (Å²) in [5, 5.41) is 4.04. The molecule has 120 valence electrons. The van der Waals surface area contributed by atoms with Crippen molar-refractivity contribution in [3.05, 3.63) is 69.2 Å². The Hall–Kier alpha value is -1.71. The van der Waals surface area contributed by atoms with Gasteiger partial charge in [-0.2, -0.15) is 0 Å². The monoisotopic (exact) mass is 349 g/mol. The first-order valence-electron chi connectivity index (χ1n) is 7.48. The van der Waals surface area contributed by atoms with E-state index in [9.17, 15) is 4.79 Å². The van der Waals surface area contributed by atoms with E-state index in [1.54, 1.807) is 0 Å². The van der Waals surface area contributed by atoms with Crippen LogP contribution >= 0.6 is 23.2 Å². The number of methoxy groups -OCH3 is 1. The minimum Gasteiger partial charge on any atom is -0.453 e. The van der Waals surface area contributed by atoms with Gasteiger partial charge in [-0.05, 0) is 41.7 Å². The van der Waals surface area contributed by atoms with E-state index in [1.165, 1.54) is 12.7 Å². The van der Waals surface area contributed by atoms with Gasteiger partial charge in [0.2, 0.25) is 0 Å². The number of nitrogens with one attached hydrogen (secondary N) is 1. The molecule has 1 amide bonds. The zero-order chi connectivity index (χ0) is 16.4. The van der Waals surface area contributed by atoms with Crippen LogP contribution in [-0.2, 0) is 4.74 Å². The first kappa shape index (κ1) is 16.2. The minimum absolute atomic E-state index is 0.0299. The first-order chi connectivity index (χ1) is 11.1. The van der Waals surface area contributed by atoms with Gasteiger partial charge in [-0.1, -0.05) is 53.5 Å². The van der Waals surface area contributed by atoms with E-state index >= 15 is 0 Å². The van der Waals surface area contributed by atoms with Gasteiger partial charge in [-0.3, -0.25) is 0 Å². The summed E-state index contributed by atoms with van der Waals surface area (Å²) in [7, 11) is 1.38. The molecule has 3 nitrogen and oxygen atoms in total. The maximum Gasteiger partial charge on any atom is 0.407 e. The smallest absolute Gasteiger partial charge is 0.407 e. The Labute approximate surface area is 145 Å². The molecule has 0 radical (unpaired) electrons. The van der Waals surface area contributed by atoms with Crippen LogP contribution in [0.25, 0.3) is 0 Å². The lowest BCUT2D eigenvalue weighted by molar-refractivity contribution is 0.165. The maximum absolute atomic E-state index is 11.6. The molecule has 1 aliphatic carbocycles. The second-order valence-electron chi connectivity index (χ2n) is 5.62. The second-order valence-corrected chi connectivity index (χ2v) is 6.44. The summed E-state index contributed by atoms with van der Waals surface area (Å²) >= 11 is 12.2. The van der Waals surface area contributed by atoms with E-state index in [2.05, 4.69) is 17.4 Å². The van der Waals surface area contributed by atoms with Gasteiger partial charge in [0, 0.05) is 5.92 Å². The van der Waals surface area contributed by atoms with Crippen LogP contribution in [0.1, 0.15) is 41.5 Å². The molecular formula is C18H17Cl2NO2. The number of ether oxygens (including phenoxy) is 1. The van der Waals surface area contributed by atoms with Crippen molar-refractivity contribution in [3.63, 3.8) is 0 Å². The largest absolute Gasteiger partial charge is 0.453 e. The summed E-state index contributed by atoms with van der Waals surface area (Å²) in [4.78, 5) is 11.6. The topological polar surface area (TPSA) is 38.3 Å². The zero-order valence-electron chi connectivity index (χ0n) is 12.7. The van der Waals surface area contributed by atoms with Gasteiger partial charge in [-0.15, -0.1) is 0 Å². The second kappa shape index (κ2) is 6.81. The zero-order valence-corrected chi connectivity index (χ0v) is 14.2. The van der Waals surface area contributed by atoms with E-state index in [0.717, 1.165) is 24.0 Å². The van der Waals surface area contributed by atoms with Crippen LogP contribution in [0.15, 0.2) is 42.5 Å². The molecule has 0 unspecified atom stereocenters. The van der Waals surface area contributed by atoms with Crippen LogP contribution in [0, 0.1) is 0 Å².